The quantitative estimate of drug-likeness (QED) is 0.690. The number of hydrogen-bond acceptors (Lipinski definition) is 1. The second-order valence-corrected chi connectivity index (χ2v) is 5.36. The lowest BCUT2D eigenvalue weighted by Gasteiger charge is -2.11. The Hall–Kier alpha value is -0.560. The Morgan fingerprint density at radius 3 is 2.50 bits per heavy atom. The van der Waals surface area contributed by atoms with Gasteiger partial charge >= 0.3 is 0 Å². The fraction of sp³-hybridized carbons (Fsp3) is 0.733. The topological polar surface area (TPSA) is 20.2 Å². The summed E-state index contributed by atoms with van der Waals surface area (Å²) in [5.41, 5.74) is 2.87. The second kappa shape index (κ2) is 6.90. The van der Waals surface area contributed by atoms with E-state index in [9.17, 15) is 5.11 Å². The predicted octanol–water partition coefficient (Wildman–Crippen LogP) is 4.23. The summed E-state index contributed by atoms with van der Waals surface area (Å²) in [7, 11) is 0. The zero-order valence-corrected chi connectivity index (χ0v) is 11.0. The molecule has 0 aliphatic heterocycles. The van der Waals surface area contributed by atoms with Gasteiger partial charge in [-0.3, -0.25) is 0 Å². The van der Waals surface area contributed by atoms with Crippen LogP contribution in [-0.4, -0.2) is 11.2 Å². The first kappa shape index (κ1) is 13.5. The third-order valence-corrected chi connectivity index (χ3v) is 3.48. The molecule has 1 saturated carbocycles. The molecule has 2 atom stereocenters. The van der Waals surface area contributed by atoms with Crippen molar-refractivity contribution in [2.24, 2.45) is 5.92 Å². The second-order valence-electron chi connectivity index (χ2n) is 5.36. The predicted molar refractivity (Wildman–Crippen MR) is 70.4 cm³/mol. The van der Waals surface area contributed by atoms with Crippen molar-refractivity contribution < 1.29 is 5.11 Å². The van der Waals surface area contributed by atoms with Gasteiger partial charge in [0, 0.05) is 0 Å². The van der Waals surface area contributed by atoms with Crippen molar-refractivity contribution in [3.8, 4) is 0 Å². The van der Waals surface area contributed by atoms with Crippen LogP contribution in [0.2, 0.25) is 0 Å². The summed E-state index contributed by atoms with van der Waals surface area (Å²) in [5, 5.41) is 9.71. The summed E-state index contributed by atoms with van der Waals surface area (Å²) >= 11 is 0. The van der Waals surface area contributed by atoms with Gasteiger partial charge in [0.15, 0.2) is 0 Å². The van der Waals surface area contributed by atoms with Crippen LogP contribution in [-0.2, 0) is 0 Å². The van der Waals surface area contributed by atoms with Gasteiger partial charge in [-0.1, -0.05) is 29.7 Å². The first-order valence-corrected chi connectivity index (χ1v) is 6.56. The van der Waals surface area contributed by atoms with Crippen LogP contribution < -0.4 is 0 Å². The van der Waals surface area contributed by atoms with Crippen LogP contribution in [0, 0.1) is 5.92 Å². The Balaban J connectivity index is 2.25. The molecule has 0 aromatic heterocycles. The molecule has 1 rings (SSSR count). The van der Waals surface area contributed by atoms with Crippen molar-refractivity contribution in [3.63, 3.8) is 0 Å². The molecule has 0 spiro atoms. The highest BCUT2D eigenvalue weighted by molar-refractivity contribution is 5.03. The summed E-state index contributed by atoms with van der Waals surface area (Å²) < 4.78 is 0. The van der Waals surface area contributed by atoms with Crippen LogP contribution in [0.25, 0.3) is 0 Å². The average molecular weight is 222 g/mol. The molecule has 1 nitrogen and oxygen atoms in total. The van der Waals surface area contributed by atoms with E-state index in [1.165, 1.54) is 24.0 Å². The summed E-state index contributed by atoms with van der Waals surface area (Å²) in [6.07, 6.45) is 11.4. The van der Waals surface area contributed by atoms with E-state index in [0.29, 0.717) is 5.92 Å². The Labute approximate surface area is 100 Å². The molecule has 16 heavy (non-hydrogen) atoms. The standard InChI is InChI=1S/C15H26O/c1-12(2)6-4-7-13(3)10-11-14-8-5-9-15(14)16/h6,10,14-16H,4-5,7-9,11H2,1-3H3. The Kier molecular flexibility index (Phi) is 5.83. The highest BCUT2D eigenvalue weighted by atomic mass is 16.3. The zero-order chi connectivity index (χ0) is 12.0. The SMILES string of the molecule is CC(C)=CCCC(C)=CCC1CCCC1O. The number of hydrogen-bond donors (Lipinski definition) is 1. The fourth-order valence-corrected chi connectivity index (χ4v) is 2.34. The Morgan fingerprint density at radius 1 is 1.19 bits per heavy atom. The lowest BCUT2D eigenvalue weighted by molar-refractivity contribution is 0.134. The molecule has 2 unspecified atom stereocenters. The van der Waals surface area contributed by atoms with Gasteiger partial charge in [-0.2, -0.15) is 0 Å². The van der Waals surface area contributed by atoms with Crippen molar-refractivity contribution in [2.45, 2.75) is 65.4 Å². The molecule has 0 saturated heterocycles. The molecule has 0 heterocycles. The molecule has 92 valence electrons. The van der Waals surface area contributed by atoms with Crippen LogP contribution in [0.3, 0.4) is 0 Å². The molecule has 0 radical (unpaired) electrons. The molecule has 1 heteroatoms. The Morgan fingerprint density at radius 2 is 1.94 bits per heavy atom. The van der Waals surface area contributed by atoms with Gasteiger partial charge in [0.05, 0.1) is 6.10 Å². The smallest absolute Gasteiger partial charge is 0.0571 e. The van der Waals surface area contributed by atoms with Crippen molar-refractivity contribution >= 4 is 0 Å². The van der Waals surface area contributed by atoms with Crippen LogP contribution in [0.4, 0.5) is 0 Å². The minimum Gasteiger partial charge on any atom is -0.393 e. The third kappa shape index (κ3) is 4.98. The fourth-order valence-electron chi connectivity index (χ4n) is 2.34. The van der Waals surface area contributed by atoms with Gasteiger partial charge in [0.1, 0.15) is 0 Å². The van der Waals surface area contributed by atoms with Crippen molar-refractivity contribution in [1.82, 2.24) is 0 Å². The van der Waals surface area contributed by atoms with Gasteiger partial charge in [-0.25, -0.2) is 0 Å². The van der Waals surface area contributed by atoms with E-state index in [2.05, 4.69) is 32.9 Å². The molecule has 1 N–H and O–H groups in total. The van der Waals surface area contributed by atoms with Crippen molar-refractivity contribution in [1.29, 1.82) is 0 Å². The van der Waals surface area contributed by atoms with Gasteiger partial charge in [0.25, 0.3) is 0 Å². The summed E-state index contributed by atoms with van der Waals surface area (Å²) in [4.78, 5) is 0. The van der Waals surface area contributed by atoms with E-state index < -0.39 is 0 Å². The first-order valence-electron chi connectivity index (χ1n) is 6.56. The van der Waals surface area contributed by atoms with Crippen LogP contribution in [0.1, 0.15) is 59.3 Å². The minimum atomic E-state index is -0.0400. The maximum Gasteiger partial charge on any atom is 0.0571 e. The van der Waals surface area contributed by atoms with E-state index >= 15 is 0 Å². The van der Waals surface area contributed by atoms with Crippen LogP contribution in [0.5, 0.6) is 0 Å². The largest absolute Gasteiger partial charge is 0.393 e. The number of allylic oxidation sites excluding steroid dienone is 4. The third-order valence-electron chi connectivity index (χ3n) is 3.48. The molecule has 0 amide bonds. The number of aliphatic hydroxyl groups excluding tert-OH is 1. The normalized spacial score (nSPS) is 25.9. The van der Waals surface area contributed by atoms with Crippen LogP contribution in [0.15, 0.2) is 23.3 Å². The first-order chi connectivity index (χ1) is 7.59. The molecule has 0 aromatic rings. The molecule has 1 aliphatic carbocycles. The van der Waals surface area contributed by atoms with E-state index in [1.807, 2.05) is 0 Å². The van der Waals surface area contributed by atoms with Gasteiger partial charge in [-0.15, -0.1) is 0 Å². The molecule has 1 aliphatic rings. The van der Waals surface area contributed by atoms with Gasteiger partial charge < -0.3 is 5.11 Å². The summed E-state index contributed by atoms with van der Waals surface area (Å²) in [6.45, 7) is 6.50. The lowest BCUT2D eigenvalue weighted by atomic mass is 9.99. The number of aliphatic hydroxyl groups is 1. The monoisotopic (exact) mass is 222 g/mol. The summed E-state index contributed by atoms with van der Waals surface area (Å²) in [5.74, 6) is 0.526. The van der Waals surface area contributed by atoms with E-state index in [0.717, 1.165) is 25.7 Å². The minimum absolute atomic E-state index is 0.0400. The van der Waals surface area contributed by atoms with E-state index in [-0.39, 0.29) is 6.10 Å². The maximum absolute atomic E-state index is 9.71. The van der Waals surface area contributed by atoms with E-state index in [4.69, 9.17) is 0 Å². The molecule has 1 fully saturated rings. The zero-order valence-electron chi connectivity index (χ0n) is 11.0. The van der Waals surface area contributed by atoms with Crippen molar-refractivity contribution in [3.05, 3.63) is 23.3 Å². The van der Waals surface area contributed by atoms with Crippen LogP contribution >= 0.6 is 0 Å². The highest BCUT2D eigenvalue weighted by Gasteiger charge is 2.23. The Bertz CT molecular complexity index is 259. The maximum atomic E-state index is 9.71. The van der Waals surface area contributed by atoms with Gasteiger partial charge in [0.2, 0.25) is 0 Å². The molecule has 0 bridgehead atoms. The molecular weight excluding hydrogens is 196 g/mol. The lowest BCUT2D eigenvalue weighted by Crippen LogP contribution is -2.11. The van der Waals surface area contributed by atoms with Crippen molar-refractivity contribution in [2.75, 3.05) is 0 Å². The molecule has 0 aromatic carbocycles. The van der Waals surface area contributed by atoms with E-state index in [1.54, 1.807) is 0 Å². The molecular formula is C15H26O. The highest BCUT2D eigenvalue weighted by Crippen LogP contribution is 2.29. The number of rotatable bonds is 5. The average Bonchev–Trinajstić information content (AvgIpc) is 2.60. The van der Waals surface area contributed by atoms with Gasteiger partial charge in [-0.05, 0) is 58.8 Å². The summed E-state index contributed by atoms with van der Waals surface area (Å²) in [6, 6.07) is 0.